The number of hydrogen-bond acceptors (Lipinski definition) is 5. The van der Waals surface area contributed by atoms with Crippen LogP contribution < -0.4 is 5.90 Å². The highest BCUT2D eigenvalue weighted by Crippen LogP contribution is 2.33. The second-order valence-corrected chi connectivity index (χ2v) is 4.09. The molecule has 6 heteroatoms. The van der Waals surface area contributed by atoms with Crippen LogP contribution in [0.4, 0.5) is 5.00 Å². The third-order valence-electron chi connectivity index (χ3n) is 1.66. The molecule has 1 rings (SSSR count). The Hall–Kier alpha value is -0.980. The summed E-state index contributed by atoms with van der Waals surface area (Å²) in [5.74, 6) is 5.06. The van der Waals surface area contributed by atoms with E-state index >= 15 is 0 Å². The Bertz CT molecular complexity index is 321. The highest BCUT2D eigenvalue weighted by atomic mass is 32.1. The summed E-state index contributed by atoms with van der Waals surface area (Å²) < 4.78 is 0. The summed E-state index contributed by atoms with van der Waals surface area (Å²) in [6, 6.07) is 3.09. The fraction of sp³-hybridized carbons (Fsp3) is 0.429. The molecule has 1 heterocycles. The highest BCUT2D eigenvalue weighted by Gasteiger charge is 2.25. The lowest BCUT2D eigenvalue weighted by molar-refractivity contribution is -0.380. The molecule has 0 amide bonds. The van der Waals surface area contributed by atoms with Crippen molar-refractivity contribution in [3.05, 3.63) is 27.1 Å². The highest BCUT2D eigenvalue weighted by molar-refractivity contribution is 7.15. The molecule has 2 N–H and O–H groups in total. The van der Waals surface area contributed by atoms with E-state index in [1.807, 2.05) is 0 Å². The fourth-order valence-corrected chi connectivity index (χ4v) is 1.67. The van der Waals surface area contributed by atoms with Crippen LogP contribution in [0.25, 0.3) is 0 Å². The standard InChI is InChI=1S/C7H10N2O3S/c1-7(2,12-8)5-3-4-6(13-5)9(10)11/h3-4H,8H2,1-2H3. The molecule has 0 atom stereocenters. The molecule has 72 valence electrons. The molecule has 5 nitrogen and oxygen atoms in total. The van der Waals surface area contributed by atoms with Gasteiger partial charge in [-0.2, -0.15) is 0 Å². The van der Waals surface area contributed by atoms with Gasteiger partial charge < -0.3 is 0 Å². The number of rotatable bonds is 3. The summed E-state index contributed by atoms with van der Waals surface area (Å²) in [7, 11) is 0. The summed E-state index contributed by atoms with van der Waals surface area (Å²) in [4.78, 5) is 15.4. The van der Waals surface area contributed by atoms with Crippen LogP contribution in [0.3, 0.4) is 0 Å². The van der Waals surface area contributed by atoms with E-state index in [2.05, 4.69) is 0 Å². The summed E-state index contributed by atoms with van der Waals surface area (Å²) in [5.41, 5.74) is -0.668. The first kappa shape index (κ1) is 10.1. The van der Waals surface area contributed by atoms with Gasteiger partial charge in [0.1, 0.15) is 5.60 Å². The molecule has 0 aliphatic carbocycles. The molecule has 0 spiro atoms. The van der Waals surface area contributed by atoms with Gasteiger partial charge in [0.25, 0.3) is 0 Å². The molecular weight excluding hydrogens is 192 g/mol. The van der Waals surface area contributed by atoms with Gasteiger partial charge in [0.05, 0.1) is 4.92 Å². The van der Waals surface area contributed by atoms with E-state index in [4.69, 9.17) is 10.7 Å². The molecule has 1 aromatic rings. The second-order valence-electron chi connectivity index (χ2n) is 3.02. The van der Waals surface area contributed by atoms with Crippen LogP contribution in [-0.2, 0) is 10.4 Å². The van der Waals surface area contributed by atoms with E-state index in [0.717, 1.165) is 16.2 Å². The zero-order chi connectivity index (χ0) is 10.1. The summed E-state index contributed by atoms with van der Waals surface area (Å²) in [6.45, 7) is 3.51. The molecule has 0 saturated heterocycles. The van der Waals surface area contributed by atoms with E-state index in [1.165, 1.54) is 6.07 Å². The Morgan fingerprint density at radius 3 is 2.62 bits per heavy atom. The topological polar surface area (TPSA) is 78.4 Å². The molecule has 0 aliphatic heterocycles. The average Bonchev–Trinajstić information content (AvgIpc) is 2.52. The molecule has 1 aromatic heterocycles. The van der Waals surface area contributed by atoms with Crippen LogP contribution in [0.1, 0.15) is 18.7 Å². The maximum absolute atomic E-state index is 10.4. The normalized spacial score (nSPS) is 11.6. The Morgan fingerprint density at radius 1 is 1.62 bits per heavy atom. The van der Waals surface area contributed by atoms with Gasteiger partial charge in [-0.3, -0.25) is 15.0 Å². The monoisotopic (exact) mass is 202 g/mol. The Labute approximate surface area is 79.2 Å². The van der Waals surface area contributed by atoms with Crippen LogP contribution in [0.15, 0.2) is 12.1 Å². The number of nitrogens with two attached hydrogens (primary N) is 1. The predicted octanol–water partition coefficient (Wildman–Crippen LogP) is 1.78. The van der Waals surface area contributed by atoms with Gasteiger partial charge in [-0.1, -0.05) is 11.3 Å². The van der Waals surface area contributed by atoms with Crippen molar-refractivity contribution in [2.24, 2.45) is 5.90 Å². The molecule has 13 heavy (non-hydrogen) atoms. The van der Waals surface area contributed by atoms with Gasteiger partial charge in [0.15, 0.2) is 0 Å². The van der Waals surface area contributed by atoms with Gasteiger partial charge in [-0.15, -0.1) is 0 Å². The summed E-state index contributed by atoms with van der Waals surface area (Å²) >= 11 is 1.07. The molecule has 0 aliphatic rings. The minimum absolute atomic E-state index is 0.0973. The fourth-order valence-electron chi connectivity index (χ4n) is 0.807. The Kier molecular flexibility index (Phi) is 2.65. The lowest BCUT2D eigenvalue weighted by atomic mass is 10.1. The van der Waals surface area contributed by atoms with Crippen molar-refractivity contribution in [2.75, 3.05) is 0 Å². The lowest BCUT2D eigenvalue weighted by Crippen LogP contribution is -2.23. The first-order chi connectivity index (χ1) is 5.97. The van der Waals surface area contributed by atoms with Gasteiger partial charge in [-0.05, 0) is 19.9 Å². The Balaban J connectivity index is 2.98. The summed E-state index contributed by atoms with van der Waals surface area (Å²) in [5, 5.41) is 10.5. The third-order valence-corrected chi connectivity index (χ3v) is 3.00. The zero-order valence-corrected chi connectivity index (χ0v) is 8.13. The molecule has 0 bridgehead atoms. The molecule has 0 unspecified atom stereocenters. The van der Waals surface area contributed by atoms with Crippen molar-refractivity contribution in [1.29, 1.82) is 0 Å². The molecule has 0 saturated carbocycles. The quantitative estimate of drug-likeness (QED) is 0.598. The van der Waals surface area contributed by atoms with Gasteiger partial charge in [-0.25, -0.2) is 5.90 Å². The SMILES string of the molecule is CC(C)(ON)c1ccc([N+](=O)[O-])s1. The smallest absolute Gasteiger partial charge is 0.293 e. The van der Waals surface area contributed by atoms with Crippen molar-refractivity contribution < 1.29 is 9.76 Å². The van der Waals surface area contributed by atoms with Crippen molar-refractivity contribution in [1.82, 2.24) is 0 Å². The zero-order valence-electron chi connectivity index (χ0n) is 7.31. The molecule has 0 radical (unpaired) electrons. The maximum atomic E-state index is 10.4. The van der Waals surface area contributed by atoms with E-state index in [1.54, 1.807) is 19.9 Å². The van der Waals surface area contributed by atoms with E-state index in [-0.39, 0.29) is 5.00 Å². The number of nitro groups is 1. The van der Waals surface area contributed by atoms with Crippen LogP contribution in [-0.4, -0.2) is 4.92 Å². The molecule has 0 aromatic carbocycles. The van der Waals surface area contributed by atoms with Crippen LogP contribution in [0, 0.1) is 10.1 Å². The minimum Gasteiger partial charge on any atom is -0.293 e. The van der Waals surface area contributed by atoms with Crippen LogP contribution in [0.2, 0.25) is 0 Å². The molecule has 0 fully saturated rings. The second kappa shape index (κ2) is 3.41. The predicted molar refractivity (Wildman–Crippen MR) is 49.3 cm³/mol. The molecular formula is C7H10N2O3S. The first-order valence-electron chi connectivity index (χ1n) is 3.60. The maximum Gasteiger partial charge on any atom is 0.324 e. The van der Waals surface area contributed by atoms with Crippen molar-refractivity contribution in [3.63, 3.8) is 0 Å². The van der Waals surface area contributed by atoms with E-state index < -0.39 is 10.5 Å². The van der Waals surface area contributed by atoms with Crippen molar-refractivity contribution in [3.8, 4) is 0 Å². The van der Waals surface area contributed by atoms with E-state index in [9.17, 15) is 10.1 Å². The summed E-state index contributed by atoms with van der Waals surface area (Å²) in [6.07, 6.45) is 0. The lowest BCUT2D eigenvalue weighted by Gasteiger charge is -2.18. The van der Waals surface area contributed by atoms with Crippen molar-refractivity contribution >= 4 is 16.3 Å². The van der Waals surface area contributed by atoms with Crippen molar-refractivity contribution in [2.45, 2.75) is 19.4 Å². The number of nitrogens with zero attached hydrogens (tertiary/aromatic N) is 1. The average molecular weight is 202 g/mol. The number of thiophene rings is 1. The van der Waals surface area contributed by atoms with Gasteiger partial charge in [0, 0.05) is 10.9 Å². The van der Waals surface area contributed by atoms with Crippen LogP contribution in [0.5, 0.6) is 0 Å². The van der Waals surface area contributed by atoms with Crippen LogP contribution >= 0.6 is 11.3 Å². The minimum atomic E-state index is -0.668. The number of hydrogen-bond donors (Lipinski definition) is 1. The third kappa shape index (κ3) is 2.03. The van der Waals surface area contributed by atoms with E-state index in [0.29, 0.717) is 0 Å². The van der Waals surface area contributed by atoms with Gasteiger partial charge >= 0.3 is 5.00 Å². The van der Waals surface area contributed by atoms with Gasteiger partial charge in [0.2, 0.25) is 0 Å². The largest absolute Gasteiger partial charge is 0.324 e. The first-order valence-corrected chi connectivity index (χ1v) is 4.41. The Morgan fingerprint density at radius 2 is 2.23 bits per heavy atom.